The van der Waals surface area contributed by atoms with Gasteiger partial charge < -0.3 is 25.4 Å². The summed E-state index contributed by atoms with van der Waals surface area (Å²) in [6.07, 6.45) is 0. The Morgan fingerprint density at radius 2 is 1.24 bits per heavy atom. The van der Waals surface area contributed by atoms with Gasteiger partial charge in [-0.3, -0.25) is 0 Å². The van der Waals surface area contributed by atoms with Crippen LogP contribution in [0.3, 0.4) is 0 Å². The molecule has 0 aliphatic rings. The largest absolute Gasteiger partial charge is 0.388 e. The second-order valence-corrected chi connectivity index (χ2v) is 6.17. The van der Waals surface area contributed by atoms with E-state index in [4.69, 9.17) is 30.6 Å². The van der Waals surface area contributed by atoms with Crippen molar-refractivity contribution in [1.82, 2.24) is 15.5 Å². The summed E-state index contributed by atoms with van der Waals surface area (Å²) in [5.74, 6) is 0. The van der Waals surface area contributed by atoms with Crippen LogP contribution in [0.25, 0.3) is 0 Å². The standard InChI is InChI=1S/C4H6BrN2O3.C4H6N3O6.C4H7N2O3.Ag.HNO3/c5-1-4-3(2-8)6-10-7(4)9;8-1-3-4(2-12-7(10)11)6(9)13-5-3;1-3-4(2-7)5-9-6(3)8;;2-1(3)4/h6,8H,1-2H2;5,8H,1-2H2;5,7H,2H2,1H3;;(H,2,3,4)/q3*+1;;. The van der Waals surface area contributed by atoms with Crippen LogP contribution in [0, 0.1) is 41.9 Å². The summed E-state index contributed by atoms with van der Waals surface area (Å²) in [5.41, 5.74) is 1.40. The molecule has 1 radical (unpaired) electrons. The van der Waals surface area contributed by atoms with Gasteiger partial charge in [0.15, 0.2) is 20.4 Å². The van der Waals surface area contributed by atoms with Crippen LogP contribution in [-0.4, -0.2) is 46.2 Å². The summed E-state index contributed by atoms with van der Waals surface area (Å²) >= 11 is 3.07. The Morgan fingerprint density at radius 3 is 1.54 bits per heavy atom. The average molecular weight is 704 g/mol. The molecule has 25 heteroatoms. The number of nitrogens with one attached hydrogen (secondary N) is 3. The van der Waals surface area contributed by atoms with Crippen LogP contribution in [0.1, 0.15) is 34.2 Å². The van der Waals surface area contributed by atoms with Crippen molar-refractivity contribution in [1.29, 1.82) is 0 Å². The van der Waals surface area contributed by atoms with Crippen molar-refractivity contribution in [3.05, 3.63) is 69.1 Å². The van der Waals surface area contributed by atoms with Gasteiger partial charge in [-0.1, -0.05) is 45.3 Å². The first-order valence-corrected chi connectivity index (χ1v) is 9.89. The zero-order valence-corrected chi connectivity index (χ0v) is 21.3. The van der Waals surface area contributed by atoms with Gasteiger partial charge >= 0.3 is 0 Å². The summed E-state index contributed by atoms with van der Waals surface area (Å²) in [7, 11) is 0. The van der Waals surface area contributed by atoms with Crippen LogP contribution in [-0.2, 0) is 59.0 Å². The first-order chi connectivity index (χ1) is 16.9. The first-order valence-electron chi connectivity index (χ1n) is 8.76. The number of aliphatic hydroxyl groups is 3. The number of nitrogens with zero attached hydrogens (tertiary/aromatic N) is 5. The number of aromatic amines is 3. The Bertz CT molecular complexity index is 1250. The number of aromatic nitrogens is 6. The Kier molecular flexibility index (Phi) is 17.8. The minimum absolute atomic E-state index is 0. The first kappa shape index (κ1) is 35.5. The molecule has 3 rings (SSSR count). The minimum atomic E-state index is -1.50. The third-order valence-corrected chi connectivity index (χ3v) is 4.04. The topological polar surface area (TPSA) is 332 Å². The second-order valence-electron chi connectivity index (χ2n) is 5.61. The molecule has 0 atom stereocenters. The Labute approximate surface area is 224 Å². The van der Waals surface area contributed by atoms with Gasteiger partial charge in [0.1, 0.15) is 19.8 Å². The van der Waals surface area contributed by atoms with Gasteiger partial charge in [0.05, 0.1) is 5.33 Å². The molecular formula is C12H20AgBrN8O15+3. The Balaban J connectivity index is 0. The van der Waals surface area contributed by atoms with Crippen LogP contribution >= 0.6 is 15.9 Å². The van der Waals surface area contributed by atoms with Crippen LogP contribution in [0.2, 0.25) is 0 Å². The molecule has 0 saturated heterocycles. The van der Waals surface area contributed by atoms with E-state index >= 15 is 0 Å². The van der Waals surface area contributed by atoms with E-state index in [9.17, 15) is 24.8 Å². The number of H-pyrrole nitrogens is 3. The summed E-state index contributed by atoms with van der Waals surface area (Å²) in [6.45, 7) is 0.0668. The van der Waals surface area contributed by atoms with E-state index in [1.165, 1.54) is 0 Å². The van der Waals surface area contributed by atoms with Crippen molar-refractivity contribution in [2.45, 2.75) is 38.7 Å². The van der Waals surface area contributed by atoms with Crippen molar-refractivity contribution in [2.24, 2.45) is 0 Å². The molecule has 23 nitrogen and oxygen atoms in total. The number of rotatable bonds is 7. The molecule has 7 N–H and O–H groups in total. The zero-order valence-electron chi connectivity index (χ0n) is 18.2. The SMILES string of the molecule is Cc1c(CO)[nH]o[n+]1=O.O=[N+]([O-])O.O=[N+]([O-])OCc1c(CO)[nH]o[n+]1=O.O=[n+]1o[nH]c(CO)c1CBr.[Ag]. The fourth-order valence-electron chi connectivity index (χ4n) is 1.77. The smallest absolute Gasteiger partial charge is 0.294 e. The molecule has 0 fully saturated rings. The van der Waals surface area contributed by atoms with Crippen LogP contribution in [0.4, 0.5) is 0 Å². The molecule has 0 aliphatic carbocycles. The van der Waals surface area contributed by atoms with Crippen LogP contribution in [0.15, 0.2) is 13.9 Å². The van der Waals surface area contributed by atoms with E-state index in [1.54, 1.807) is 6.92 Å². The summed E-state index contributed by atoms with van der Waals surface area (Å²) in [6, 6.07) is 0. The van der Waals surface area contributed by atoms with Crippen molar-refractivity contribution >= 4 is 15.9 Å². The molecule has 0 bridgehead atoms. The van der Waals surface area contributed by atoms with E-state index in [0.717, 1.165) is 0 Å². The van der Waals surface area contributed by atoms with Crippen LogP contribution in [0.5, 0.6) is 0 Å². The van der Waals surface area contributed by atoms with Gasteiger partial charge in [0.25, 0.3) is 21.6 Å². The number of hydrogen-bond donors (Lipinski definition) is 7. The van der Waals surface area contributed by atoms with Crippen LogP contribution < -0.4 is 13.8 Å². The van der Waals surface area contributed by atoms with E-state index in [0.29, 0.717) is 37.3 Å². The molecular weight excluding hydrogens is 684 g/mol. The summed E-state index contributed by atoms with van der Waals surface area (Å²) in [5, 5.41) is 55.0. The Hall–Kier alpha value is -3.68. The van der Waals surface area contributed by atoms with Crippen molar-refractivity contribution < 1.29 is 85.6 Å². The van der Waals surface area contributed by atoms with Gasteiger partial charge in [-0.15, -0.1) is 20.2 Å². The molecule has 0 unspecified atom stereocenters. The van der Waals surface area contributed by atoms with Crippen molar-refractivity contribution in [2.75, 3.05) is 0 Å². The number of hydrogen-bond acceptors (Lipinski definition) is 14. The molecule has 3 aromatic heterocycles. The van der Waals surface area contributed by atoms with Crippen molar-refractivity contribution in [3.8, 4) is 0 Å². The van der Waals surface area contributed by atoms with Gasteiger partial charge in [-0.05, 0) is 14.7 Å². The number of halogens is 1. The van der Waals surface area contributed by atoms with Gasteiger partial charge in [0.2, 0.25) is 22.8 Å². The molecule has 3 heterocycles. The quantitative estimate of drug-likeness (QED) is 0.0584. The van der Waals surface area contributed by atoms with E-state index in [-0.39, 0.29) is 51.6 Å². The summed E-state index contributed by atoms with van der Waals surface area (Å²) < 4.78 is 13.4. The normalized spacial score (nSPS) is 9.32. The predicted molar refractivity (Wildman–Crippen MR) is 105 cm³/mol. The molecule has 213 valence electrons. The fourth-order valence-corrected chi connectivity index (χ4v) is 2.31. The fraction of sp³-hybridized carbons (Fsp3) is 0.500. The molecule has 0 saturated carbocycles. The van der Waals surface area contributed by atoms with Gasteiger partial charge in [0, 0.05) is 29.3 Å². The molecule has 0 amide bonds. The molecule has 37 heavy (non-hydrogen) atoms. The second kappa shape index (κ2) is 18.6. The molecule has 0 aliphatic heterocycles. The van der Waals surface area contributed by atoms with E-state index in [1.807, 2.05) is 0 Å². The molecule has 3 aromatic rings. The Morgan fingerprint density at radius 1 is 0.865 bits per heavy atom. The molecule has 0 aromatic carbocycles. The minimum Gasteiger partial charge on any atom is -0.388 e. The van der Waals surface area contributed by atoms with E-state index < -0.39 is 23.4 Å². The maximum atomic E-state index is 10.7. The third-order valence-electron chi connectivity index (χ3n) is 3.51. The third kappa shape index (κ3) is 12.7. The number of aliphatic hydroxyl groups excluding tert-OH is 3. The zero-order chi connectivity index (χ0) is 27.8. The maximum absolute atomic E-state index is 10.7. The monoisotopic (exact) mass is 702 g/mol. The van der Waals surface area contributed by atoms with Crippen molar-refractivity contribution in [3.63, 3.8) is 0 Å². The average Bonchev–Trinajstić information content (AvgIpc) is 3.48. The van der Waals surface area contributed by atoms with Gasteiger partial charge in [-0.2, -0.15) is 0 Å². The maximum Gasteiger partial charge on any atom is 0.294 e. The van der Waals surface area contributed by atoms with E-state index in [2.05, 4.69) is 50.1 Å². The molecule has 0 spiro atoms. The predicted octanol–water partition coefficient (Wildman–Crippen LogP) is -2.40. The number of alkyl halides is 1. The summed E-state index contributed by atoms with van der Waals surface area (Å²) in [4.78, 5) is 53.8. The van der Waals surface area contributed by atoms with Gasteiger partial charge in [-0.25, -0.2) is 0 Å².